The van der Waals surface area contributed by atoms with Crippen LogP contribution in [0.1, 0.15) is 29.5 Å². The molecular formula is C21H29IN4. The van der Waals surface area contributed by atoms with Crippen LogP contribution in [0.25, 0.3) is 0 Å². The SMILES string of the molecule is Cc1ccc(NC(N)=NCC2CCCN2Cc2ccccc2)cc1C.I. The maximum absolute atomic E-state index is 6.09. The third-order valence-electron chi connectivity index (χ3n) is 4.98. The molecule has 4 nitrogen and oxygen atoms in total. The lowest BCUT2D eigenvalue weighted by Crippen LogP contribution is -2.33. The van der Waals surface area contributed by atoms with Crippen LogP contribution in [0.15, 0.2) is 53.5 Å². The average molecular weight is 464 g/mol. The fourth-order valence-corrected chi connectivity index (χ4v) is 3.34. The zero-order valence-electron chi connectivity index (χ0n) is 15.6. The predicted molar refractivity (Wildman–Crippen MR) is 121 cm³/mol. The van der Waals surface area contributed by atoms with Crippen LogP contribution in [-0.2, 0) is 6.54 Å². The Morgan fingerprint density at radius 3 is 2.65 bits per heavy atom. The second-order valence-electron chi connectivity index (χ2n) is 6.90. The number of hydrogen-bond donors (Lipinski definition) is 2. The standard InChI is InChI=1S/C21H28N4.HI/c1-16-10-11-19(13-17(16)2)24-21(22)23-14-20-9-6-12-25(20)15-18-7-4-3-5-8-18;/h3-5,7-8,10-11,13,20H,6,9,12,14-15H2,1-2H3,(H3,22,23,24);1H. The van der Waals surface area contributed by atoms with Gasteiger partial charge in [-0.2, -0.15) is 0 Å². The van der Waals surface area contributed by atoms with Crippen LogP contribution in [0.4, 0.5) is 5.69 Å². The first-order valence-electron chi connectivity index (χ1n) is 9.04. The number of guanidine groups is 1. The molecule has 0 aliphatic carbocycles. The number of aliphatic imine (C=N–C) groups is 1. The minimum atomic E-state index is 0. The molecule has 0 aromatic heterocycles. The van der Waals surface area contributed by atoms with Crippen LogP contribution in [0.5, 0.6) is 0 Å². The molecule has 0 spiro atoms. The van der Waals surface area contributed by atoms with E-state index in [1.165, 1.54) is 29.5 Å². The van der Waals surface area contributed by atoms with E-state index in [1.54, 1.807) is 0 Å². The van der Waals surface area contributed by atoms with Gasteiger partial charge < -0.3 is 11.1 Å². The molecule has 2 aromatic carbocycles. The summed E-state index contributed by atoms with van der Waals surface area (Å²) < 4.78 is 0. The second-order valence-corrected chi connectivity index (χ2v) is 6.90. The van der Waals surface area contributed by atoms with Crippen molar-refractivity contribution >= 4 is 35.6 Å². The van der Waals surface area contributed by atoms with Crippen LogP contribution >= 0.6 is 24.0 Å². The smallest absolute Gasteiger partial charge is 0.193 e. The van der Waals surface area contributed by atoms with E-state index in [0.717, 1.165) is 25.3 Å². The summed E-state index contributed by atoms with van der Waals surface area (Å²) in [5.74, 6) is 0.495. The third kappa shape index (κ3) is 5.71. The molecule has 2 aromatic rings. The fourth-order valence-electron chi connectivity index (χ4n) is 3.34. The number of nitrogens with zero attached hydrogens (tertiary/aromatic N) is 2. The second kappa shape index (κ2) is 9.92. The molecule has 1 aliphatic rings. The largest absolute Gasteiger partial charge is 0.370 e. The Morgan fingerprint density at radius 1 is 1.15 bits per heavy atom. The molecule has 1 saturated heterocycles. The van der Waals surface area contributed by atoms with Gasteiger partial charge in [0.1, 0.15) is 0 Å². The molecule has 3 rings (SSSR count). The number of aryl methyl sites for hydroxylation is 2. The maximum atomic E-state index is 6.09. The highest BCUT2D eigenvalue weighted by molar-refractivity contribution is 14.0. The van der Waals surface area contributed by atoms with Gasteiger partial charge in [-0.1, -0.05) is 36.4 Å². The highest BCUT2D eigenvalue weighted by atomic mass is 127. The summed E-state index contributed by atoms with van der Waals surface area (Å²) >= 11 is 0. The number of nitrogens with one attached hydrogen (secondary N) is 1. The van der Waals surface area contributed by atoms with Crippen molar-refractivity contribution in [1.29, 1.82) is 0 Å². The molecule has 1 aliphatic heterocycles. The lowest BCUT2D eigenvalue weighted by Gasteiger charge is -2.23. The van der Waals surface area contributed by atoms with Crippen molar-refractivity contribution in [2.24, 2.45) is 10.7 Å². The molecule has 5 heteroatoms. The highest BCUT2D eigenvalue weighted by Gasteiger charge is 2.24. The van der Waals surface area contributed by atoms with E-state index < -0.39 is 0 Å². The van der Waals surface area contributed by atoms with Crippen molar-refractivity contribution in [3.05, 3.63) is 65.2 Å². The molecule has 0 radical (unpaired) electrons. The van der Waals surface area contributed by atoms with Crippen LogP contribution in [0.3, 0.4) is 0 Å². The Bertz CT molecular complexity index is 730. The lowest BCUT2D eigenvalue weighted by molar-refractivity contribution is 0.250. The lowest BCUT2D eigenvalue weighted by atomic mass is 10.1. The first-order chi connectivity index (χ1) is 12.1. The van der Waals surface area contributed by atoms with Crippen LogP contribution < -0.4 is 11.1 Å². The molecular weight excluding hydrogens is 435 g/mol. The maximum Gasteiger partial charge on any atom is 0.193 e. The van der Waals surface area contributed by atoms with Gasteiger partial charge >= 0.3 is 0 Å². The minimum absolute atomic E-state index is 0. The van der Waals surface area contributed by atoms with Gasteiger partial charge in [-0.15, -0.1) is 24.0 Å². The fraction of sp³-hybridized carbons (Fsp3) is 0.381. The molecule has 1 atom stereocenters. The van der Waals surface area contributed by atoms with Gasteiger partial charge in [-0.05, 0) is 62.1 Å². The van der Waals surface area contributed by atoms with Crippen LogP contribution in [-0.4, -0.2) is 30.0 Å². The van der Waals surface area contributed by atoms with Crippen LogP contribution in [0, 0.1) is 13.8 Å². The Kier molecular flexibility index (Phi) is 7.90. The summed E-state index contributed by atoms with van der Waals surface area (Å²) in [4.78, 5) is 7.10. The normalized spacial score (nSPS) is 17.8. The van der Waals surface area contributed by atoms with E-state index in [0.29, 0.717) is 12.0 Å². The Labute approximate surface area is 173 Å². The Balaban J connectivity index is 0.00000243. The third-order valence-corrected chi connectivity index (χ3v) is 4.98. The van der Waals surface area contributed by atoms with E-state index in [-0.39, 0.29) is 24.0 Å². The van der Waals surface area contributed by atoms with Crippen molar-refractivity contribution in [3.63, 3.8) is 0 Å². The molecule has 26 heavy (non-hydrogen) atoms. The van der Waals surface area contributed by atoms with Crippen molar-refractivity contribution in [3.8, 4) is 0 Å². The molecule has 0 amide bonds. The number of rotatable bonds is 5. The molecule has 0 bridgehead atoms. The number of likely N-dealkylation sites (tertiary alicyclic amines) is 1. The van der Waals surface area contributed by atoms with E-state index in [4.69, 9.17) is 5.73 Å². The highest BCUT2D eigenvalue weighted by Crippen LogP contribution is 2.20. The van der Waals surface area contributed by atoms with Gasteiger partial charge in [-0.3, -0.25) is 9.89 Å². The Hall–Kier alpha value is -1.60. The molecule has 1 heterocycles. The van der Waals surface area contributed by atoms with Crippen LogP contribution in [0.2, 0.25) is 0 Å². The summed E-state index contributed by atoms with van der Waals surface area (Å²) in [5.41, 5.74) is 11.0. The predicted octanol–water partition coefficient (Wildman–Crippen LogP) is 4.31. The molecule has 1 fully saturated rings. The molecule has 1 unspecified atom stereocenters. The van der Waals surface area contributed by atoms with Crippen molar-refractivity contribution in [2.75, 3.05) is 18.4 Å². The van der Waals surface area contributed by atoms with Gasteiger partial charge in [0.05, 0.1) is 6.54 Å². The zero-order valence-corrected chi connectivity index (χ0v) is 17.9. The zero-order chi connectivity index (χ0) is 17.6. The van der Waals surface area contributed by atoms with E-state index in [9.17, 15) is 0 Å². The molecule has 140 valence electrons. The van der Waals surface area contributed by atoms with Gasteiger partial charge in [0, 0.05) is 18.3 Å². The Morgan fingerprint density at radius 2 is 1.92 bits per heavy atom. The van der Waals surface area contributed by atoms with Gasteiger partial charge in [-0.25, -0.2) is 0 Å². The number of benzene rings is 2. The summed E-state index contributed by atoms with van der Waals surface area (Å²) in [6, 6.07) is 17.4. The summed E-state index contributed by atoms with van der Waals surface area (Å²) in [6.45, 7) is 7.09. The molecule has 3 N–H and O–H groups in total. The quantitative estimate of drug-likeness (QED) is 0.394. The monoisotopic (exact) mass is 464 g/mol. The minimum Gasteiger partial charge on any atom is -0.370 e. The van der Waals surface area contributed by atoms with Gasteiger partial charge in [0.2, 0.25) is 0 Å². The van der Waals surface area contributed by atoms with Gasteiger partial charge in [0.25, 0.3) is 0 Å². The van der Waals surface area contributed by atoms with E-state index >= 15 is 0 Å². The number of hydrogen-bond acceptors (Lipinski definition) is 2. The number of nitrogens with two attached hydrogens (primary N) is 1. The molecule has 0 saturated carbocycles. The topological polar surface area (TPSA) is 53.6 Å². The number of anilines is 1. The van der Waals surface area contributed by atoms with Crippen molar-refractivity contribution in [1.82, 2.24) is 4.90 Å². The van der Waals surface area contributed by atoms with E-state index in [2.05, 4.69) is 71.5 Å². The summed E-state index contributed by atoms with van der Waals surface area (Å²) in [5, 5.41) is 3.21. The first kappa shape index (κ1) is 20.7. The summed E-state index contributed by atoms with van der Waals surface area (Å²) in [7, 11) is 0. The van der Waals surface area contributed by atoms with E-state index in [1.807, 2.05) is 6.07 Å². The van der Waals surface area contributed by atoms with Crippen molar-refractivity contribution < 1.29 is 0 Å². The number of halogens is 1. The first-order valence-corrected chi connectivity index (χ1v) is 9.04. The summed E-state index contributed by atoms with van der Waals surface area (Å²) in [6.07, 6.45) is 2.42. The van der Waals surface area contributed by atoms with Gasteiger partial charge in [0.15, 0.2) is 5.96 Å². The average Bonchev–Trinajstić information content (AvgIpc) is 3.04. The van der Waals surface area contributed by atoms with Crippen molar-refractivity contribution in [2.45, 2.75) is 39.3 Å².